The zero-order chi connectivity index (χ0) is 31.2. The van der Waals surface area contributed by atoms with Gasteiger partial charge in [-0.3, -0.25) is 0 Å². The number of aromatic nitrogens is 3. The van der Waals surface area contributed by atoms with E-state index in [1.165, 1.54) is 44.2 Å². The number of rotatable bonds is 5. The third kappa shape index (κ3) is 4.90. The summed E-state index contributed by atoms with van der Waals surface area (Å²) in [6.07, 6.45) is 0.998. The first-order valence-electron chi connectivity index (χ1n) is 16.0. The van der Waals surface area contributed by atoms with Gasteiger partial charge in [-0.1, -0.05) is 152 Å². The summed E-state index contributed by atoms with van der Waals surface area (Å²) >= 11 is 0. The third-order valence-electron chi connectivity index (χ3n) is 9.14. The minimum absolute atomic E-state index is 0.652. The summed E-state index contributed by atoms with van der Waals surface area (Å²) in [5.74, 6) is 1.97. The molecule has 0 N–H and O–H groups in total. The minimum Gasteiger partial charge on any atom is -0.208 e. The Labute approximate surface area is 273 Å². The Balaban J connectivity index is 1.13. The van der Waals surface area contributed by atoms with Gasteiger partial charge in [0.15, 0.2) is 17.5 Å². The average molecular weight is 600 g/mol. The lowest BCUT2D eigenvalue weighted by molar-refractivity contribution is 1.07. The number of fused-ring (bicyclic) bond motifs is 5. The molecular formula is C44H29N3. The molecule has 1 heterocycles. The molecule has 1 aliphatic rings. The van der Waals surface area contributed by atoms with E-state index in [1.807, 2.05) is 60.7 Å². The second kappa shape index (κ2) is 11.3. The van der Waals surface area contributed by atoms with Crippen LogP contribution in [0.5, 0.6) is 0 Å². The smallest absolute Gasteiger partial charge is 0.164 e. The molecule has 3 heteroatoms. The summed E-state index contributed by atoms with van der Waals surface area (Å²) in [6.45, 7) is 0. The van der Waals surface area contributed by atoms with E-state index < -0.39 is 0 Å². The molecule has 47 heavy (non-hydrogen) atoms. The molecule has 0 atom stereocenters. The van der Waals surface area contributed by atoms with Gasteiger partial charge in [0, 0.05) is 16.7 Å². The molecular weight excluding hydrogens is 571 g/mol. The fraction of sp³-hybridized carbons (Fsp3) is 0.0227. The van der Waals surface area contributed by atoms with E-state index in [4.69, 9.17) is 15.0 Å². The van der Waals surface area contributed by atoms with Gasteiger partial charge in [-0.05, 0) is 73.8 Å². The Hall–Kier alpha value is -6.19. The molecule has 8 aromatic rings. The molecule has 0 saturated carbocycles. The molecule has 1 aliphatic carbocycles. The van der Waals surface area contributed by atoms with Crippen molar-refractivity contribution in [1.82, 2.24) is 15.0 Å². The van der Waals surface area contributed by atoms with Gasteiger partial charge >= 0.3 is 0 Å². The summed E-state index contributed by atoms with van der Waals surface area (Å²) in [6, 6.07) is 57.7. The highest BCUT2D eigenvalue weighted by molar-refractivity contribution is 6.07. The lowest BCUT2D eigenvalue weighted by atomic mass is 9.91. The van der Waals surface area contributed by atoms with Gasteiger partial charge in [-0.15, -0.1) is 0 Å². The molecule has 0 spiro atoms. The van der Waals surface area contributed by atoms with Crippen LogP contribution in [0.2, 0.25) is 0 Å². The van der Waals surface area contributed by atoms with Gasteiger partial charge in [-0.25, -0.2) is 15.0 Å². The SMILES string of the molecule is c1ccc(-c2nc(-c3ccccc3)nc(-c3cccc(-c4cccc(-c5cccc6c7c(ccc56)Cc5ccccc5-7)c4)c3)n2)cc1. The first kappa shape index (κ1) is 27.1. The Bertz CT molecular complexity index is 2370. The second-order valence-electron chi connectivity index (χ2n) is 12.0. The predicted molar refractivity (Wildman–Crippen MR) is 193 cm³/mol. The molecule has 3 nitrogen and oxygen atoms in total. The average Bonchev–Trinajstić information content (AvgIpc) is 3.55. The van der Waals surface area contributed by atoms with Gasteiger partial charge in [-0.2, -0.15) is 0 Å². The minimum atomic E-state index is 0.652. The van der Waals surface area contributed by atoms with Crippen molar-refractivity contribution in [2.75, 3.05) is 0 Å². The van der Waals surface area contributed by atoms with E-state index in [2.05, 4.69) is 103 Å². The molecule has 7 aromatic carbocycles. The molecule has 0 bridgehead atoms. The van der Waals surface area contributed by atoms with Crippen LogP contribution in [-0.2, 0) is 6.42 Å². The van der Waals surface area contributed by atoms with Crippen LogP contribution in [0.15, 0.2) is 164 Å². The van der Waals surface area contributed by atoms with E-state index in [0.717, 1.165) is 34.2 Å². The van der Waals surface area contributed by atoms with Crippen molar-refractivity contribution in [2.45, 2.75) is 6.42 Å². The maximum Gasteiger partial charge on any atom is 0.164 e. The summed E-state index contributed by atoms with van der Waals surface area (Å²) in [4.78, 5) is 14.8. The van der Waals surface area contributed by atoms with Crippen LogP contribution in [0.3, 0.4) is 0 Å². The van der Waals surface area contributed by atoms with Crippen molar-refractivity contribution in [3.8, 4) is 67.5 Å². The second-order valence-corrected chi connectivity index (χ2v) is 12.0. The monoisotopic (exact) mass is 599 g/mol. The van der Waals surface area contributed by atoms with Crippen LogP contribution in [0.4, 0.5) is 0 Å². The van der Waals surface area contributed by atoms with Crippen LogP contribution in [0.25, 0.3) is 78.3 Å². The summed E-state index contributed by atoms with van der Waals surface area (Å²) in [7, 11) is 0. The maximum absolute atomic E-state index is 4.96. The lowest BCUT2D eigenvalue weighted by Gasteiger charge is -2.13. The van der Waals surface area contributed by atoms with Crippen LogP contribution < -0.4 is 0 Å². The topological polar surface area (TPSA) is 38.7 Å². The zero-order valence-electron chi connectivity index (χ0n) is 25.6. The number of hydrogen-bond donors (Lipinski definition) is 0. The Morgan fingerprint density at radius 1 is 0.319 bits per heavy atom. The van der Waals surface area contributed by atoms with Gasteiger partial charge in [0.05, 0.1) is 0 Å². The predicted octanol–water partition coefficient (Wildman–Crippen LogP) is 10.9. The summed E-state index contributed by atoms with van der Waals surface area (Å²) in [5.41, 5.74) is 13.1. The quantitative estimate of drug-likeness (QED) is 0.198. The fourth-order valence-electron chi connectivity index (χ4n) is 6.89. The molecule has 9 rings (SSSR count). The molecule has 0 unspecified atom stereocenters. The van der Waals surface area contributed by atoms with Crippen LogP contribution >= 0.6 is 0 Å². The van der Waals surface area contributed by atoms with Crippen molar-refractivity contribution in [3.63, 3.8) is 0 Å². The molecule has 0 saturated heterocycles. The number of benzene rings is 7. The molecule has 1 aromatic heterocycles. The summed E-state index contributed by atoms with van der Waals surface area (Å²) in [5, 5.41) is 2.59. The van der Waals surface area contributed by atoms with Gasteiger partial charge in [0.25, 0.3) is 0 Å². The van der Waals surface area contributed by atoms with Crippen molar-refractivity contribution in [1.29, 1.82) is 0 Å². The Kier molecular flexibility index (Phi) is 6.53. The van der Waals surface area contributed by atoms with Crippen molar-refractivity contribution >= 4 is 10.8 Å². The highest BCUT2D eigenvalue weighted by Crippen LogP contribution is 2.43. The number of hydrogen-bond acceptors (Lipinski definition) is 3. The molecule has 0 fully saturated rings. The van der Waals surface area contributed by atoms with Crippen LogP contribution in [0, 0.1) is 0 Å². The molecule has 220 valence electrons. The van der Waals surface area contributed by atoms with E-state index in [0.29, 0.717) is 17.5 Å². The first-order valence-corrected chi connectivity index (χ1v) is 16.0. The van der Waals surface area contributed by atoms with E-state index in [-0.39, 0.29) is 0 Å². The van der Waals surface area contributed by atoms with E-state index in [1.54, 1.807) is 0 Å². The third-order valence-corrected chi connectivity index (χ3v) is 9.14. The van der Waals surface area contributed by atoms with Crippen molar-refractivity contribution in [3.05, 3.63) is 175 Å². The molecule has 0 radical (unpaired) electrons. The van der Waals surface area contributed by atoms with Crippen molar-refractivity contribution in [2.24, 2.45) is 0 Å². The van der Waals surface area contributed by atoms with E-state index >= 15 is 0 Å². The largest absolute Gasteiger partial charge is 0.208 e. The zero-order valence-corrected chi connectivity index (χ0v) is 25.6. The van der Waals surface area contributed by atoms with Crippen LogP contribution in [-0.4, -0.2) is 15.0 Å². The fourth-order valence-corrected chi connectivity index (χ4v) is 6.89. The highest BCUT2D eigenvalue weighted by atomic mass is 15.0. The van der Waals surface area contributed by atoms with Gasteiger partial charge in [0.1, 0.15) is 0 Å². The molecule has 0 aliphatic heterocycles. The maximum atomic E-state index is 4.96. The molecule has 0 amide bonds. The van der Waals surface area contributed by atoms with Gasteiger partial charge in [0.2, 0.25) is 0 Å². The summed E-state index contributed by atoms with van der Waals surface area (Å²) < 4.78 is 0. The highest BCUT2D eigenvalue weighted by Gasteiger charge is 2.21. The standard InChI is InChI=1S/C44H29N3/c1-3-12-29(13-4-1)42-45-43(30-14-5-2-6-15-30)47-44(46-42)36-20-10-18-32(27-36)31-17-9-19-33(26-31)37-22-11-23-40-39(37)25-24-35-28-34-16-7-8-21-38(34)41(35)40/h1-27H,28H2. The van der Waals surface area contributed by atoms with E-state index in [9.17, 15) is 0 Å². The van der Waals surface area contributed by atoms with Crippen molar-refractivity contribution < 1.29 is 0 Å². The lowest BCUT2D eigenvalue weighted by Crippen LogP contribution is -2.00. The first-order chi connectivity index (χ1) is 23.3. The van der Waals surface area contributed by atoms with Gasteiger partial charge < -0.3 is 0 Å². The normalized spacial score (nSPS) is 11.7. The number of nitrogens with zero attached hydrogens (tertiary/aromatic N) is 3. The Morgan fingerprint density at radius 3 is 1.53 bits per heavy atom. The van der Waals surface area contributed by atoms with Crippen LogP contribution in [0.1, 0.15) is 11.1 Å². The Morgan fingerprint density at radius 2 is 0.830 bits per heavy atom.